The fourth-order valence-electron chi connectivity index (χ4n) is 5.41. The van der Waals surface area contributed by atoms with Crippen molar-refractivity contribution in [1.29, 1.82) is 0 Å². The first-order valence-corrected chi connectivity index (χ1v) is 12.7. The molecule has 6 aliphatic rings. The van der Waals surface area contributed by atoms with Gasteiger partial charge in [0.15, 0.2) is 0 Å². The van der Waals surface area contributed by atoms with Crippen molar-refractivity contribution in [3.8, 4) is 0 Å². The van der Waals surface area contributed by atoms with E-state index >= 15 is 0 Å². The summed E-state index contributed by atoms with van der Waals surface area (Å²) in [5.74, 6) is -1.26. The fraction of sp³-hybridized carbons (Fsp3) is 0.600. The van der Waals surface area contributed by atoms with Gasteiger partial charge in [0.25, 0.3) is 0 Å². The van der Waals surface area contributed by atoms with Gasteiger partial charge in [-0.2, -0.15) is 18.5 Å². The number of fused-ring (bicyclic) bond motifs is 4. The van der Waals surface area contributed by atoms with Gasteiger partial charge in [-0.3, -0.25) is 9.59 Å². The van der Waals surface area contributed by atoms with Crippen molar-refractivity contribution in [2.45, 2.75) is 49.9 Å². The van der Waals surface area contributed by atoms with Crippen molar-refractivity contribution in [1.82, 2.24) is 19.9 Å². The Balaban J connectivity index is 1.24. The lowest BCUT2D eigenvalue weighted by molar-refractivity contribution is -0.121. The molecule has 6 rings (SSSR count). The van der Waals surface area contributed by atoms with Crippen LogP contribution in [0.15, 0.2) is 23.3 Å². The van der Waals surface area contributed by atoms with E-state index in [2.05, 4.69) is 0 Å². The minimum absolute atomic E-state index is 0.0399. The normalized spacial score (nSPS) is 32.2. The van der Waals surface area contributed by atoms with Gasteiger partial charge in [-0.25, -0.2) is 9.59 Å². The molecule has 4 atom stereocenters. The minimum Gasteiger partial charge on any atom is -0.368 e. The van der Waals surface area contributed by atoms with E-state index in [4.69, 9.17) is 20.0 Å². The SMILES string of the molecule is NC(=O)[C@@H]1C=C(C2CC2)[C@@H]2CN1C(=O)N2OS(=O)(=O)ON1C(=O)N2C[C@H]1C(C1CC1)=C[C@H]2C(N)=O. The molecule has 0 radical (unpaired) electrons. The molecule has 2 saturated carbocycles. The smallest absolute Gasteiger partial charge is 0.368 e. The standard InChI is InChI=1S/C20H24N6O8S/c21-17(27)13-5-11(9-1-2-9)15-7-23(13)19(29)25(15)33-35(31,32)34-26-16-8-24(20(26)30)14(18(22)28)6-12(16)10-3-4-10/h5-6,9-10,13-16H,1-4,7-8H2,(H2,21,27)(H2,22,28)/t13-,14-,15-,16-/m0/s1. The summed E-state index contributed by atoms with van der Waals surface area (Å²) in [7, 11) is -4.95. The monoisotopic (exact) mass is 508 g/mol. The first kappa shape index (κ1) is 22.3. The molecule has 188 valence electrons. The van der Waals surface area contributed by atoms with E-state index in [-0.39, 0.29) is 24.9 Å². The van der Waals surface area contributed by atoms with E-state index in [0.29, 0.717) is 21.3 Å². The third-order valence-electron chi connectivity index (χ3n) is 7.34. The summed E-state index contributed by atoms with van der Waals surface area (Å²) in [5.41, 5.74) is 12.3. The lowest BCUT2D eigenvalue weighted by atomic mass is 9.96. The predicted octanol–water partition coefficient (Wildman–Crippen LogP) is -1.29. The molecule has 2 saturated heterocycles. The zero-order valence-electron chi connectivity index (χ0n) is 18.5. The van der Waals surface area contributed by atoms with Crippen molar-refractivity contribution < 1.29 is 36.2 Å². The van der Waals surface area contributed by atoms with Crippen LogP contribution >= 0.6 is 0 Å². The van der Waals surface area contributed by atoms with Crippen LogP contribution in [-0.2, 0) is 28.6 Å². The number of carbonyl (C=O) groups excluding carboxylic acids is 4. The topological polar surface area (TPSA) is 186 Å². The number of rotatable bonds is 8. The second-order valence-corrected chi connectivity index (χ2v) is 10.8. The first-order chi connectivity index (χ1) is 16.6. The molecular weight excluding hydrogens is 484 g/mol. The minimum atomic E-state index is -4.95. The molecule has 4 aliphatic heterocycles. The molecule has 0 aromatic rings. The van der Waals surface area contributed by atoms with Crippen LogP contribution in [0, 0.1) is 11.8 Å². The number of amides is 6. The van der Waals surface area contributed by atoms with E-state index < -0.39 is 58.4 Å². The molecule has 6 amide bonds. The average Bonchev–Trinajstić information content (AvgIpc) is 3.71. The maximum absolute atomic E-state index is 12.9. The van der Waals surface area contributed by atoms with Crippen LogP contribution < -0.4 is 11.5 Å². The highest BCUT2D eigenvalue weighted by atomic mass is 32.3. The Hall–Kier alpha value is -3.17. The maximum atomic E-state index is 12.9. The summed E-state index contributed by atoms with van der Waals surface area (Å²) in [4.78, 5) is 51.9. The van der Waals surface area contributed by atoms with E-state index in [1.54, 1.807) is 12.2 Å². The van der Waals surface area contributed by atoms with Crippen LogP contribution in [0.2, 0.25) is 0 Å². The van der Waals surface area contributed by atoms with Gasteiger partial charge in [0.05, 0.1) is 13.1 Å². The van der Waals surface area contributed by atoms with Crippen molar-refractivity contribution >= 4 is 34.3 Å². The van der Waals surface area contributed by atoms with Gasteiger partial charge in [-0.15, -0.1) is 8.57 Å². The van der Waals surface area contributed by atoms with E-state index in [9.17, 15) is 27.6 Å². The molecule has 4 heterocycles. The molecule has 0 aromatic carbocycles. The molecule has 4 bridgehead atoms. The number of primary amides is 2. The molecule has 35 heavy (non-hydrogen) atoms. The number of carbonyl (C=O) groups is 4. The fourth-order valence-corrected chi connectivity index (χ4v) is 6.17. The number of nitrogens with zero attached hydrogens (tertiary/aromatic N) is 4. The van der Waals surface area contributed by atoms with Gasteiger partial charge in [-0.1, -0.05) is 12.2 Å². The molecular formula is C20H24N6O8S. The van der Waals surface area contributed by atoms with Gasteiger partial charge < -0.3 is 21.3 Å². The van der Waals surface area contributed by atoms with Gasteiger partial charge in [-0.05, 0) is 48.7 Å². The second kappa shape index (κ2) is 7.41. The lowest BCUT2D eigenvalue weighted by Gasteiger charge is -2.28. The van der Waals surface area contributed by atoms with Gasteiger partial charge >= 0.3 is 22.5 Å². The highest BCUT2D eigenvalue weighted by Crippen LogP contribution is 2.46. The number of urea groups is 2. The third kappa shape index (κ3) is 3.56. The second-order valence-electron chi connectivity index (χ2n) is 9.69. The predicted molar refractivity (Wildman–Crippen MR) is 114 cm³/mol. The number of hydroxylamine groups is 4. The summed E-state index contributed by atoms with van der Waals surface area (Å²) in [6.45, 7) is 0.0798. The van der Waals surface area contributed by atoms with Gasteiger partial charge in [0.1, 0.15) is 24.2 Å². The molecule has 4 fully saturated rings. The Bertz CT molecular complexity index is 1120. The van der Waals surface area contributed by atoms with Crippen LogP contribution in [0.1, 0.15) is 25.7 Å². The highest BCUT2D eigenvalue weighted by molar-refractivity contribution is 7.81. The molecule has 2 aliphatic carbocycles. The zero-order chi connectivity index (χ0) is 24.8. The van der Waals surface area contributed by atoms with Crippen molar-refractivity contribution in [2.75, 3.05) is 13.1 Å². The quantitative estimate of drug-likeness (QED) is 0.379. The molecule has 0 unspecified atom stereocenters. The summed E-state index contributed by atoms with van der Waals surface area (Å²) >= 11 is 0. The summed E-state index contributed by atoms with van der Waals surface area (Å²) in [5, 5.41) is 1.33. The van der Waals surface area contributed by atoms with Crippen molar-refractivity contribution in [3.05, 3.63) is 23.3 Å². The number of nitrogens with two attached hydrogens (primary N) is 2. The Kier molecular flexibility index (Phi) is 4.72. The van der Waals surface area contributed by atoms with Crippen LogP contribution in [0.5, 0.6) is 0 Å². The van der Waals surface area contributed by atoms with Gasteiger partial charge in [0, 0.05) is 0 Å². The van der Waals surface area contributed by atoms with Crippen LogP contribution in [0.25, 0.3) is 0 Å². The van der Waals surface area contributed by atoms with Crippen LogP contribution in [0.3, 0.4) is 0 Å². The van der Waals surface area contributed by atoms with Crippen molar-refractivity contribution in [3.63, 3.8) is 0 Å². The highest BCUT2D eigenvalue weighted by Gasteiger charge is 2.55. The van der Waals surface area contributed by atoms with Crippen LogP contribution in [0.4, 0.5) is 9.59 Å². The average molecular weight is 509 g/mol. The third-order valence-corrected chi connectivity index (χ3v) is 8.03. The number of hydrogen-bond acceptors (Lipinski definition) is 8. The summed E-state index contributed by atoms with van der Waals surface area (Å²) < 4.78 is 36.0. The molecule has 15 heteroatoms. The first-order valence-electron chi connectivity index (χ1n) is 11.4. The summed E-state index contributed by atoms with van der Waals surface area (Å²) in [6, 6.07) is -5.17. The molecule has 14 nitrogen and oxygen atoms in total. The van der Waals surface area contributed by atoms with E-state index in [0.717, 1.165) is 35.5 Å². The van der Waals surface area contributed by atoms with E-state index in [1.807, 2.05) is 0 Å². The Morgan fingerprint density at radius 3 is 1.46 bits per heavy atom. The molecule has 4 N–H and O–H groups in total. The van der Waals surface area contributed by atoms with Crippen molar-refractivity contribution in [2.24, 2.45) is 23.3 Å². The number of hydrogen-bond donors (Lipinski definition) is 2. The van der Waals surface area contributed by atoms with E-state index in [1.165, 1.54) is 0 Å². The molecule has 0 aromatic heterocycles. The maximum Gasteiger partial charge on any atom is 0.442 e. The Morgan fingerprint density at radius 1 is 0.771 bits per heavy atom. The van der Waals surface area contributed by atoms with Gasteiger partial charge in [0.2, 0.25) is 11.8 Å². The largest absolute Gasteiger partial charge is 0.442 e. The van der Waals surface area contributed by atoms with Crippen LogP contribution in [-0.4, -0.2) is 89.5 Å². The summed E-state index contributed by atoms with van der Waals surface area (Å²) in [6.07, 6.45) is 6.57. The zero-order valence-corrected chi connectivity index (χ0v) is 19.3. The Morgan fingerprint density at radius 2 is 1.14 bits per heavy atom. The molecule has 0 spiro atoms. The Labute approximate surface area is 200 Å². The lowest BCUT2D eigenvalue weighted by Crippen LogP contribution is -2.47.